The number of aromatic amines is 1. The average molecular weight is 235 g/mol. The van der Waals surface area contributed by atoms with Crippen molar-refractivity contribution < 1.29 is 0 Å². The molecule has 0 saturated carbocycles. The summed E-state index contributed by atoms with van der Waals surface area (Å²) in [7, 11) is 4.10. The van der Waals surface area contributed by atoms with Crippen LogP contribution in [0, 0.1) is 6.92 Å². The summed E-state index contributed by atoms with van der Waals surface area (Å²) in [5.74, 6) is 0. The molecule has 2 heterocycles. The molecular formula is C12H21N5. The number of nitrogens with zero attached hydrogens (tertiary/aromatic N) is 4. The molecule has 1 aliphatic heterocycles. The Morgan fingerprint density at radius 3 is 2.59 bits per heavy atom. The van der Waals surface area contributed by atoms with Crippen molar-refractivity contribution in [3.63, 3.8) is 0 Å². The van der Waals surface area contributed by atoms with E-state index in [1.54, 1.807) is 6.33 Å². The van der Waals surface area contributed by atoms with E-state index in [4.69, 9.17) is 0 Å². The predicted octanol–water partition coefficient (Wildman–Crippen LogP) is 0.933. The molecule has 5 nitrogen and oxygen atoms in total. The van der Waals surface area contributed by atoms with Gasteiger partial charge in [0.05, 0.1) is 11.4 Å². The first kappa shape index (κ1) is 12.0. The second-order valence-corrected chi connectivity index (χ2v) is 4.58. The summed E-state index contributed by atoms with van der Waals surface area (Å²) in [6, 6.07) is 2.10. The van der Waals surface area contributed by atoms with E-state index in [1.165, 1.54) is 5.69 Å². The summed E-state index contributed by atoms with van der Waals surface area (Å²) >= 11 is 0. The molecule has 0 amide bonds. The van der Waals surface area contributed by atoms with Crippen molar-refractivity contribution >= 4 is 5.69 Å². The van der Waals surface area contributed by atoms with Crippen LogP contribution in [0.4, 0.5) is 5.69 Å². The normalized spacial score (nSPS) is 17.0. The molecule has 2 rings (SSSR count). The van der Waals surface area contributed by atoms with Crippen LogP contribution in [0.3, 0.4) is 0 Å². The third-order valence-corrected chi connectivity index (χ3v) is 3.16. The highest BCUT2D eigenvalue weighted by Crippen LogP contribution is 2.17. The first-order valence-corrected chi connectivity index (χ1v) is 6.01. The average Bonchev–Trinajstić information content (AvgIpc) is 2.31. The number of nitrogens with one attached hydrogen (secondary N) is 1. The third kappa shape index (κ3) is 3.00. The van der Waals surface area contributed by atoms with Crippen LogP contribution in [0.15, 0.2) is 18.6 Å². The van der Waals surface area contributed by atoms with Crippen LogP contribution in [0.25, 0.3) is 0 Å². The van der Waals surface area contributed by atoms with E-state index in [9.17, 15) is 0 Å². The fourth-order valence-electron chi connectivity index (χ4n) is 2.01. The van der Waals surface area contributed by atoms with Gasteiger partial charge in [0.15, 0.2) is 0 Å². The van der Waals surface area contributed by atoms with Crippen molar-refractivity contribution in [3.8, 4) is 0 Å². The summed E-state index contributed by atoms with van der Waals surface area (Å²) in [5, 5.41) is 3.12. The van der Waals surface area contributed by atoms with Crippen LogP contribution >= 0.6 is 0 Å². The quantitative estimate of drug-likeness (QED) is 0.787. The number of rotatable bonds is 1. The standard InChI is InChI=1S/C12H21N5/c1-11-12(4-5-14-16(3)10-13-11)17-8-6-15(2)7-9-17/h4-5,10,14H,6-9H2,1-3H3. The van der Waals surface area contributed by atoms with E-state index in [0.717, 1.165) is 31.9 Å². The largest absolute Gasteiger partial charge is 0.367 e. The van der Waals surface area contributed by atoms with Gasteiger partial charge in [0.25, 0.3) is 0 Å². The minimum Gasteiger partial charge on any atom is -0.367 e. The molecule has 1 N–H and O–H groups in total. The lowest BCUT2D eigenvalue weighted by Crippen LogP contribution is -2.44. The maximum absolute atomic E-state index is 4.45. The zero-order chi connectivity index (χ0) is 12.3. The molecule has 17 heavy (non-hydrogen) atoms. The molecule has 1 aliphatic rings. The van der Waals surface area contributed by atoms with E-state index < -0.39 is 0 Å². The topological polar surface area (TPSA) is 40.1 Å². The van der Waals surface area contributed by atoms with Crippen LogP contribution in [-0.4, -0.2) is 52.9 Å². The van der Waals surface area contributed by atoms with Gasteiger partial charge in [-0.05, 0) is 20.0 Å². The van der Waals surface area contributed by atoms with E-state index in [2.05, 4.69) is 39.9 Å². The number of piperazine rings is 1. The Balaban J connectivity index is 2.26. The van der Waals surface area contributed by atoms with Gasteiger partial charge in [-0.1, -0.05) is 0 Å². The fraction of sp³-hybridized carbons (Fsp3) is 0.583. The maximum atomic E-state index is 4.45. The molecule has 94 valence electrons. The summed E-state index contributed by atoms with van der Waals surface area (Å²) in [4.78, 5) is 9.21. The van der Waals surface area contributed by atoms with Gasteiger partial charge in [-0.3, -0.25) is 4.68 Å². The molecule has 0 bridgehead atoms. The number of aromatic nitrogens is 3. The molecule has 1 aromatic rings. The van der Waals surface area contributed by atoms with E-state index in [0.29, 0.717) is 0 Å². The molecule has 0 unspecified atom stereocenters. The lowest BCUT2D eigenvalue weighted by molar-refractivity contribution is 0.312. The second-order valence-electron chi connectivity index (χ2n) is 4.58. The lowest BCUT2D eigenvalue weighted by atomic mass is 10.2. The summed E-state index contributed by atoms with van der Waals surface area (Å²) in [5.41, 5.74) is 2.29. The number of anilines is 1. The summed E-state index contributed by atoms with van der Waals surface area (Å²) < 4.78 is 1.83. The van der Waals surface area contributed by atoms with Crippen LogP contribution in [0.2, 0.25) is 0 Å². The van der Waals surface area contributed by atoms with Crippen molar-refractivity contribution in [1.29, 1.82) is 0 Å². The first-order chi connectivity index (χ1) is 8.16. The molecular weight excluding hydrogens is 214 g/mol. The van der Waals surface area contributed by atoms with Gasteiger partial charge in [-0.15, -0.1) is 0 Å². The minimum absolute atomic E-state index is 1.07. The van der Waals surface area contributed by atoms with E-state index in [-0.39, 0.29) is 0 Å². The smallest absolute Gasteiger partial charge is 0.109 e. The number of H-pyrrole nitrogens is 1. The molecule has 1 saturated heterocycles. The van der Waals surface area contributed by atoms with Crippen molar-refractivity contribution in [1.82, 2.24) is 19.7 Å². The predicted molar refractivity (Wildman–Crippen MR) is 69.6 cm³/mol. The zero-order valence-corrected chi connectivity index (χ0v) is 10.8. The number of aryl methyl sites for hydroxylation is 2. The van der Waals surface area contributed by atoms with Crippen molar-refractivity contribution in [3.05, 3.63) is 24.3 Å². The summed E-state index contributed by atoms with van der Waals surface area (Å²) in [6.07, 6.45) is 3.76. The van der Waals surface area contributed by atoms with E-state index in [1.807, 2.05) is 17.9 Å². The Morgan fingerprint density at radius 1 is 1.18 bits per heavy atom. The Morgan fingerprint density at radius 2 is 1.88 bits per heavy atom. The highest BCUT2D eigenvalue weighted by Gasteiger charge is 2.15. The zero-order valence-electron chi connectivity index (χ0n) is 10.8. The van der Waals surface area contributed by atoms with Crippen molar-refractivity contribution in [2.75, 3.05) is 38.1 Å². The van der Waals surface area contributed by atoms with Gasteiger partial charge in [0.2, 0.25) is 0 Å². The highest BCUT2D eigenvalue weighted by atomic mass is 15.3. The molecule has 5 heteroatoms. The molecule has 0 radical (unpaired) electrons. The Hall–Kier alpha value is -1.49. The molecule has 1 fully saturated rings. The van der Waals surface area contributed by atoms with Crippen molar-refractivity contribution in [2.45, 2.75) is 6.92 Å². The minimum atomic E-state index is 1.07. The van der Waals surface area contributed by atoms with E-state index >= 15 is 0 Å². The fourth-order valence-corrected chi connectivity index (χ4v) is 2.01. The number of hydrogen-bond donors (Lipinski definition) is 1. The Labute approximate surface area is 102 Å². The summed E-state index contributed by atoms with van der Waals surface area (Å²) in [6.45, 7) is 6.43. The van der Waals surface area contributed by atoms with Crippen LogP contribution < -0.4 is 4.90 Å². The Kier molecular flexibility index (Phi) is 3.68. The number of likely N-dealkylation sites (N-methyl/N-ethyl adjacent to an activating group) is 1. The van der Waals surface area contributed by atoms with Gasteiger partial charge in [0, 0.05) is 39.4 Å². The van der Waals surface area contributed by atoms with Gasteiger partial charge in [-0.2, -0.15) is 0 Å². The second kappa shape index (κ2) is 5.23. The Bertz CT molecular complexity index is 411. The molecule has 0 aromatic carbocycles. The third-order valence-electron chi connectivity index (χ3n) is 3.16. The molecule has 0 spiro atoms. The van der Waals surface area contributed by atoms with Crippen molar-refractivity contribution in [2.24, 2.45) is 7.05 Å². The SMILES string of the molecule is Cc1ncn(C)[nH]ccc1N1CCN(C)CC1. The molecule has 1 aromatic heterocycles. The van der Waals surface area contributed by atoms with Gasteiger partial charge in [0.1, 0.15) is 6.33 Å². The van der Waals surface area contributed by atoms with Gasteiger partial charge < -0.3 is 14.9 Å². The maximum Gasteiger partial charge on any atom is 0.109 e. The highest BCUT2D eigenvalue weighted by molar-refractivity contribution is 5.48. The molecule has 0 aliphatic carbocycles. The first-order valence-electron chi connectivity index (χ1n) is 6.01. The lowest BCUT2D eigenvalue weighted by Gasteiger charge is -2.34. The van der Waals surface area contributed by atoms with Crippen LogP contribution in [-0.2, 0) is 7.05 Å². The molecule has 0 atom stereocenters. The monoisotopic (exact) mass is 235 g/mol. The van der Waals surface area contributed by atoms with Crippen LogP contribution in [0.1, 0.15) is 5.69 Å². The van der Waals surface area contributed by atoms with Gasteiger partial charge in [-0.25, -0.2) is 4.98 Å². The van der Waals surface area contributed by atoms with Gasteiger partial charge >= 0.3 is 0 Å². The number of hydrogen-bond acceptors (Lipinski definition) is 3. The van der Waals surface area contributed by atoms with Crippen LogP contribution in [0.5, 0.6) is 0 Å².